The Morgan fingerprint density at radius 1 is 0.621 bits per heavy atom. The van der Waals surface area contributed by atoms with Crippen molar-refractivity contribution in [1.82, 2.24) is 0 Å². The maximum atomic E-state index is 10.2. The zero-order valence-electron chi connectivity index (χ0n) is 16.6. The molecule has 5 aromatic carbocycles. The van der Waals surface area contributed by atoms with Crippen molar-refractivity contribution in [3.63, 3.8) is 0 Å². The second kappa shape index (κ2) is 7.76. The third-order valence-corrected chi connectivity index (χ3v) is 5.06. The first kappa shape index (κ1) is 18.7. The van der Waals surface area contributed by atoms with Crippen LogP contribution in [-0.4, -0.2) is 13.1 Å². The van der Waals surface area contributed by atoms with Crippen molar-refractivity contribution in [3.05, 3.63) is 97.1 Å². The van der Waals surface area contributed by atoms with E-state index in [0.717, 1.165) is 0 Å². The summed E-state index contributed by atoms with van der Waals surface area (Å²) in [7, 11) is 1.33. The number of methoxy groups -OCH3 is 1. The summed E-state index contributed by atoms with van der Waals surface area (Å²) in [6.07, 6.45) is 0. The van der Waals surface area contributed by atoms with Gasteiger partial charge in [-0.3, -0.25) is 0 Å². The van der Waals surface area contributed by atoms with Gasteiger partial charge in [0.15, 0.2) is 0 Å². The number of benzene rings is 5. The first-order valence-electron chi connectivity index (χ1n) is 9.54. The molecule has 5 aromatic rings. The highest BCUT2D eigenvalue weighted by molar-refractivity contribution is 6.08. The summed E-state index contributed by atoms with van der Waals surface area (Å²) in [6, 6.07) is 30.9. The van der Waals surface area contributed by atoms with Crippen molar-refractivity contribution >= 4 is 49.1 Å². The lowest BCUT2D eigenvalue weighted by Crippen LogP contribution is -1.98. The van der Waals surface area contributed by atoms with E-state index in [1.807, 2.05) is 0 Å². The largest absolute Gasteiger partial charge is 0.466 e. The molecular formula is C27H22O2. The molecule has 0 aromatic heterocycles. The van der Waals surface area contributed by atoms with Crippen molar-refractivity contribution in [2.45, 2.75) is 6.92 Å². The van der Waals surface area contributed by atoms with Gasteiger partial charge in [0.1, 0.15) is 0 Å². The molecule has 0 spiro atoms. The molecular weight excluding hydrogens is 356 g/mol. The fourth-order valence-corrected chi connectivity index (χ4v) is 3.56. The molecule has 0 atom stereocenters. The summed E-state index contributed by atoms with van der Waals surface area (Å²) >= 11 is 0. The topological polar surface area (TPSA) is 26.3 Å². The number of hydrogen-bond donors (Lipinski definition) is 0. The Bertz CT molecular complexity index is 1200. The third-order valence-electron chi connectivity index (χ3n) is 5.06. The maximum absolute atomic E-state index is 10.2. The van der Waals surface area contributed by atoms with Crippen LogP contribution in [0.15, 0.2) is 97.1 Å². The molecule has 0 aliphatic heterocycles. The van der Waals surface area contributed by atoms with E-state index >= 15 is 0 Å². The summed E-state index contributed by atoms with van der Waals surface area (Å²) in [5, 5.41) is 10.4. The Morgan fingerprint density at radius 2 is 0.897 bits per heavy atom. The molecule has 2 heteroatoms. The molecule has 0 aliphatic rings. The Balaban J connectivity index is 0.000000255. The van der Waals surface area contributed by atoms with Gasteiger partial charge in [0.25, 0.3) is 0 Å². The van der Waals surface area contributed by atoms with Crippen LogP contribution in [0.4, 0.5) is 0 Å². The Hall–Kier alpha value is -3.65. The maximum Gasteiger partial charge on any atom is 0.332 e. The summed E-state index contributed by atoms with van der Waals surface area (Å²) in [6.45, 7) is 4.95. The molecule has 0 amide bonds. The van der Waals surface area contributed by atoms with Crippen molar-refractivity contribution in [1.29, 1.82) is 0 Å². The van der Waals surface area contributed by atoms with Crippen molar-refractivity contribution in [3.8, 4) is 0 Å². The van der Waals surface area contributed by atoms with Gasteiger partial charge in [-0.15, -0.1) is 0 Å². The number of ether oxygens (including phenoxy) is 1. The van der Waals surface area contributed by atoms with Gasteiger partial charge >= 0.3 is 5.97 Å². The number of carbonyl (C=O) groups excluding carboxylic acids is 1. The van der Waals surface area contributed by atoms with Gasteiger partial charge in [-0.2, -0.15) is 0 Å². The molecule has 0 saturated heterocycles. The van der Waals surface area contributed by atoms with Gasteiger partial charge in [-0.1, -0.05) is 55.1 Å². The van der Waals surface area contributed by atoms with Crippen LogP contribution in [0.3, 0.4) is 0 Å². The zero-order chi connectivity index (χ0) is 20.4. The van der Waals surface area contributed by atoms with Crippen molar-refractivity contribution in [2.24, 2.45) is 0 Å². The molecule has 0 fully saturated rings. The second-order valence-electron chi connectivity index (χ2n) is 7.22. The second-order valence-corrected chi connectivity index (χ2v) is 7.22. The van der Waals surface area contributed by atoms with Crippen LogP contribution in [0.25, 0.3) is 43.1 Å². The smallest absolute Gasteiger partial charge is 0.332 e. The first-order valence-corrected chi connectivity index (χ1v) is 9.54. The predicted molar refractivity (Wildman–Crippen MR) is 123 cm³/mol. The van der Waals surface area contributed by atoms with E-state index in [9.17, 15) is 4.79 Å². The third kappa shape index (κ3) is 3.83. The van der Waals surface area contributed by atoms with Gasteiger partial charge in [0, 0.05) is 5.57 Å². The molecule has 142 valence electrons. The summed E-state index contributed by atoms with van der Waals surface area (Å²) < 4.78 is 4.27. The standard InChI is InChI=1S/C22H14.C5H8O2/c1-2-6-16-10-20-14-22-12-18-8-4-3-7-17(18)11-21(22)13-19(20)9-15(16)5-1;1-4(2)5(6)7-3/h1-14H;1H2,2-3H3. The lowest BCUT2D eigenvalue weighted by molar-refractivity contribution is -0.136. The van der Waals surface area contributed by atoms with E-state index in [0.29, 0.717) is 5.57 Å². The lowest BCUT2D eigenvalue weighted by Gasteiger charge is -2.07. The number of esters is 1. The van der Waals surface area contributed by atoms with Gasteiger partial charge in [0.05, 0.1) is 7.11 Å². The van der Waals surface area contributed by atoms with E-state index in [1.54, 1.807) is 6.92 Å². The molecule has 2 nitrogen and oxygen atoms in total. The molecule has 29 heavy (non-hydrogen) atoms. The van der Waals surface area contributed by atoms with Gasteiger partial charge in [0.2, 0.25) is 0 Å². The average molecular weight is 378 g/mol. The minimum atomic E-state index is -0.347. The van der Waals surface area contributed by atoms with Gasteiger partial charge < -0.3 is 4.74 Å². The number of carbonyl (C=O) groups is 1. The fourth-order valence-electron chi connectivity index (χ4n) is 3.56. The zero-order valence-corrected chi connectivity index (χ0v) is 16.6. The highest BCUT2D eigenvalue weighted by Gasteiger charge is 2.02. The van der Waals surface area contributed by atoms with Crippen LogP contribution >= 0.6 is 0 Å². The Labute approximate surface area is 170 Å². The summed E-state index contributed by atoms with van der Waals surface area (Å²) in [5.41, 5.74) is 0.433. The molecule has 5 rings (SSSR count). The SMILES string of the molecule is C=C(C)C(=O)OC.c1ccc2cc3cc4cc5ccccc5cc4cc3cc2c1. The van der Waals surface area contributed by atoms with E-state index in [1.165, 1.54) is 50.2 Å². The van der Waals surface area contributed by atoms with E-state index in [-0.39, 0.29) is 5.97 Å². The van der Waals surface area contributed by atoms with Crippen LogP contribution < -0.4 is 0 Å². The lowest BCUT2D eigenvalue weighted by atomic mass is 9.97. The highest BCUT2D eigenvalue weighted by atomic mass is 16.5. The van der Waals surface area contributed by atoms with Gasteiger partial charge in [-0.25, -0.2) is 4.79 Å². The minimum absolute atomic E-state index is 0.347. The average Bonchev–Trinajstić information content (AvgIpc) is 2.74. The molecule has 0 bridgehead atoms. The van der Waals surface area contributed by atoms with E-state index in [2.05, 4.69) is 96.2 Å². The number of rotatable bonds is 1. The first-order chi connectivity index (χ1) is 14.0. The van der Waals surface area contributed by atoms with Crippen LogP contribution in [0, 0.1) is 0 Å². The quantitative estimate of drug-likeness (QED) is 0.178. The van der Waals surface area contributed by atoms with Crippen molar-refractivity contribution < 1.29 is 9.53 Å². The van der Waals surface area contributed by atoms with E-state index < -0.39 is 0 Å². The normalized spacial score (nSPS) is 10.7. The molecule has 0 heterocycles. The van der Waals surface area contributed by atoms with Crippen LogP contribution in [0.1, 0.15) is 6.92 Å². The Kier molecular flexibility index (Phi) is 5.01. The van der Waals surface area contributed by atoms with Crippen molar-refractivity contribution in [2.75, 3.05) is 7.11 Å². The van der Waals surface area contributed by atoms with Crippen LogP contribution in [0.2, 0.25) is 0 Å². The number of hydrogen-bond acceptors (Lipinski definition) is 2. The van der Waals surface area contributed by atoms with Gasteiger partial charge in [-0.05, 0) is 86.4 Å². The summed E-state index contributed by atoms with van der Waals surface area (Å²) in [4.78, 5) is 10.2. The molecule has 0 unspecified atom stereocenters. The minimum Gasteiger partial charge on any atom is -0.466 e. The fraction of sp³-hybridized carbons (Fsp3) is 0.0741. The highest BCUT2D eigenvalue weighted by Crippen LogP contribution is 2.29. The molecule has 0 N–H and O–H groups in total. The molecule has 0 saturated carbocycles. The molecule has 0 radical (unpaired) electrons. The molecule has 0 aliphatic carbocycles. The monoisotopic (exact) mass is 378 g/mol. The van der Waals surface area contributed by atoms with E-state index in [4.69, 9.17) is 0 Å². The predicted octanol–water partition coefficient (Wildman–Crippen LogP) is 7.03. The van der Waals surface area contributed by atoms with Crippen LogP contribution in [-0.2, 0) is 9.53 Å². The Morgan fingerprint density at radius 3 is 1.10 bits per heavy atom. The number of fused-ring (bicyclic) bond motifs is 4. The summed E-state index contributed by atoms with van der Waals surface area (Å²) in [5.74, 6) is -0.347. The van der Waals surface area contributed by atoms with Crippen LogP contribution in [0.5, 0.6) is 0 Å².